The van der Waals surface area contributed by atoms with E-state index in [1.807, 2.05) is 41.1 Å². The standard InChI is InChI=1S/C16H17N3S/c1-11-10-15(20-12(11)2)16(17)14-8-9-18-19(14)13-6-4-3-5-7-13/h3-10,16H,17H2,1-2H3. The van der Waals surface area contributed by atoms with Crippen molar-refractivity contribution in [3.63, 3.8) is 0 Å². The highest BCUT2D eigenvalue weighted by atomic mass is 32.1. The summed E-state index contributed by atoms with van der Waals surface area (Å²) >= 11 is 1.76. The molecule has 0 fully saturated rings. The molecule has 0 aliphatic heterocycles. The van der Waals surface area contributed by atoms with Crippen molar-refractivity contribution in [2.24, 2.45) is 5.73 Å². The van der Waals surface area contributed by atoms with Crippen LogP contribution in [0.5, 0.6) is 0 Å². The summed E-state index contributed by atoms with van der Waals surface area (Å²) in [6.45, 7) is 4.25. The summed E-state index contributed by atoms with van der Waals surface area (Å²) in [6.07, 6.45) is 1.80. The summed E-state index contributed by atoms with van der Waals surface area (Å²) < 4.78 is 1.91. The quantitative estimate of drug-likeness (QED) is 0.798. The molecule has 0 spiro atoms. The van der Waals surface area contributed by atoms with Crippen LogP contribution >= 0.6 is 11.3 Å². The van der Waals surface area contributed by atoms with Crippen LogP contribution in [0.4, 0.5) is 0 Å². The number of benzene rings is 1. The first kappa shape index (κ1) is 13.1. The minimum Gasteiger partial charge on any atom is -0.318 e. The molecule has 0 bridgehead atoms. The van der Waals surface area contributed by atoms with Crippen molar-refractivity contribution in [2.45, 2.75) is 19.9 Å². The summed E-state index contributed by atoms with van der Waals surface area (Å²) in [6, 6.07) is 14.1. The molecule has 1 unspecified atom stereocenters. The van der Waals surface area contributed by atoms with Crippen molar-refractivity contribution in [1.29, 1.82) is 0 Å². The van der Waals surface area contributed by atoms with Gasteiger partial charge in [0.05, 0.1) is 17.4 Å². The number of hydrogen-bond donors (Lipinski definition) is 1. The van der Waals surface area contributed by atoms with Crippen molar-refractivity contribution in [3.8, 4) is 5.69 Å². The molecule has 0 amide bonds. The van der Waals surface area contributed by atoms with Crippen LogP contribution in [0.25, 0.3) is 5.69 Å². The Morgan fingerprint density at radius 2 is 1.90 bits per heavy atom. The van der Waals surface area contributed by atoms with Crippen molar-refractivity contribution >= 4 is 11.3 Å². The zero-order chi connectivity index (χ0) is 14.1. The van der Waals surface area contributed by atoms with Crippen LogP contribution in [-0.2, 0) is 0 Å². The minimum absolute atomic E-state index is 0.143. The molecular weight excluding hydrogens is 266 g/mol. The Morgan fingerprint density at radius 3 is 2.55 bits per heavy atom. The molecule has 4 heteroatoms. The van der Waals surface area contributed by atoms with E-state index in [1.54, 1.807) is 17.5 Å². The summed E-state index contributed by atoms with van der Waals surface area (Å²) in [5.74, 6) is 0. The predicted molar refractivity (Wildman–Crippen MR) is 83.4 cm³/mol. The van der Waals surface area contributed by atoms with E-state index in [4.69, 9.17) is 5.73 Å². The Balaban J connectivity index is 2.01. The predicted octanol–water partition coefficient (Wildman–Crippen LogP) is 3.60. The Kier molecular flexibility index (Phi) is 3.42. The number of nitrogens with zero attached hydrogens (tertiary/aromatic N) is 2. The Bertz CT molecular complexity index is 693. The monoisotopic (exact) mass is 283 g/mol. The van der Waals surface area contributed by atoms with E-state index in [2.05, 4.69) is 25.0 Å². The maximum absolute atomic E-state index is 6.43. The van der Waals surface area contributed by atoms with E-state index < -0.39 is 0 Å². The van der Waals surface area contributed by atoms with Gasteiger partial charge >= 0.3 is 0 Å². The van der Waals surface area contributed by atoms with E-state index in [9.17, 15) is 0 Å². The first-order valence-corrected chi connectivity index (χ1v) is 7.40. The van der Waals surface area contributed by atoms with Crippen LogP contribution in [0.1, 0.15) is 27.1 Å². The Hall–Kier alpha value is -1.91. The van der Waals surface area contributed by atoms with Gasteiger partial charge in [-0.3, -0.25) is 0 Å². The summed E-state index contributed by atoms with van der Waals surface area (Å²) in [4.78, 5) is 2.50. The smallest absolute Gasteiger partial charge is 0.0821 e. The second-order valence-electron chi connectivity index (χ2n) is 4.87. The van der Waals surface area contributed by atoms with Gasteiger partial charge in [0.25, 0.3) is 0 Å². The lowest BCUT2D eigenvalue weighted by Crippen LogP contribution is -2.15. The molecule has 2 N–H and O–H groups in total. The average molecular weight is 283 g/mol. The number of aromatic nitrogens is 2. The molecule has 0 radical (unpaired) electrons. The van der Waals surface area contributed by atoms with E-state index in [0.29, 0.717) is 0 Å². The van der Waals surface area contributed by atoms with Gasteiger partial charge in [0, 0.05) is 16.0 Å². The number of para-hydroxylation sites is 1. The number of thiophene rings is 1. The number of hydrogen-bond acceptors (Lipinski definition) is 3. The van der Waals surface area contributed by atoms with Gasteiger partial charge in [0.1, 0.15) is 0 Å². The number of rotatable bonds is 3. The first-order valence-electron chi connectivity index (χ1n) is 6.58. The van der Waals surface area contributed by atoms with Crippen LogP contribution < -0.4 is 5.73 Å². The molecule has 102 valence electrons. The minimum atomic E-state index is -0.143. The Labute approximate surface area is 122 Å². The van der Waals surface area contributed by atoms with Crippen LogP contribution in [0.15, 0.2) is 48.7 Å². The molecule has 1 aromatic carbocycles. The molecule has 3 nitrogen and oxygen atoms in total. The molecule has 2 heterocycles. The third-order valence-electron chi connectivity index (χ3n) is 3.48. The largest absolute Gasteiger partial charge is 0.318 e. The van der Waals surface area contributed by atoms with Gasteiger partial charge in [0.2, 0.25) is 0 Å². The number of nitrogens with two attached hydrogens (primary N) is 1. The highest BCUT2D eigenvalue weighted by molar-refractivity contribution is 7.12. The lowest BCUT2D eigenvalue weighted by molar-refractivity contribution is 0.747. The molecule has 0 saturated carbocycles. The molecule has 20 heavy (non-hydrogen) atoms. The van der Waals surface area contributed by atoms with Gasteiger partial charge in [-0.05, 0) is 43.7 Å². The second-order valence-corrected chi connectivity index (χ2v) is 6.16. The van der Waals surface area contributed by atoms with Gasteiger partial charge < -0.3 is 5.73 Å². The molecule has 1 atom stereocenters. The van der Waals surface area contributed by atoms with Crippen LogP contribution in [-0.4, -0.2) is 9.78 Å². The first-order chi connectivity index (χ1) is 9.66. The highest BCUT2D eigenvalue weighted by Crippen LogP contribution is 2.29. The second kappa shape index (κ2) is 5.23. The van der Waals surface area contributed by atoms with E-state index in [1.165, 1.54) is 15.3 Å². The van der Waals surface area contributed by atoms with E-state index >= 15 is 0 Å². The maximum Gasteiger partial charge on any atom is 0.0821 e. The van der Waals surface area contributed by atoms with Crippen LogP contribution in [0.2, 0.25) is 0 Å². The van der Waals surface area contributed by atoms with Gasteiger partial charge in [-0.15, -0.1) is 11.3 Å². The molecule has 3 aromatic rings. The fourth-order valence-corrected chi connectivity index (χ4v) is 3.29. The summed E-state index contributed by atoms with van der Waals surface area (Å²) in [7, 11) is 0. The fraction of sp³-hybridized carbons (Fsp3) is 0.188. The van der Waals surface area contributed by atoms with E-state index in [-0.39, 0.29) is 6.04 Å². The fourth-order valence-electron chi connectivity index (χ4n) is 2.23. The molecule has 2 aromatic heterocycles. The highest BCUT2D eigenvalue weighted by Gasteiger charge is 2.17. The summed E-state index contributed by atoms with van der Waals surface area (Å²) in [5, 5.41) is 4.40. The van der Waals surface area contributed by atoms with Crippen molar-refractivity contribution < 1.29 is 0 Å². The maximum atomic E-state index is 6.43. The van der Waals surface area contributed by atoms with Gasteiger partial charge in [-0.2, -0.15) is 5.10 Å². The third-order valence-corrected chi connectivity index (χ3v) is 4.72. The van der Waals surface area contributed by atoms with Gasteiger partial charge in [-0.1, -0.05) is 18.2 Å². The lowest BCUT2D eigenvalue weighted by atomic mass is 10.1. The molecule has 0 saturated heterocycles. The molecule has 0 aliphatic carbocycles. The van der Waals surface area contributed by atoms with Crippen LogP contribution in [0.3, 0.4) is 0 Å². The van der Waals surface area contributed by atoms with Crippen LogP contribution in [0, 0.1) is 13.8 Å². The average Bonchev–Trinajstić information content (AvgIpc) is 3.07. The molecular formula is C16H17N3S. The van der Waals surface area contributed by atoms with Crippen molar-refractivity contribution in [3.05, 3.63) is 69.7 Å². The topological polar surface area (TPSA) is 43.8 Å². The van der Waals surface area contributed by atoms with Crippen molar-refractivity contribution in [2.75, 3.05) is 0 Å². The zero-order valence-electron chi connectivity index (χ0n) is 11.6. The molecule has 0 aliphatic rings. The van der Waals surface area contributed by atoms with Crippen molar-refractivity contribution in [1.82, 2.24) is 9.78 Å². The SMILES string of the molecule is Cc1cc(C(N)c2ccnn2-c2ccccc2)sc1C. The van der Waals surface area contributed by atoms with Gasteiger partial charge in [-0.25, -0.2) is 4.68 Å². The van der Waals surface area contributed by atoms with Gasteiger partial charge in [0.15, 0.2) is 0 Å². The molecule has 3 rings (SSSR count). The normalized spacial score (nSPS) is 12.6. The number of aryl methyl sites for hydroxylation is 2. The third kappa shape index (κ3) is 2.28. The zero-order valence-corrected chi connectivity index (χ0v) is 12.4. The lowest BCUT2D eigenvalue weighted by Gasteiger charge is -2.13. The summed E-state index contributed by atoms with van der Waals surface area (Å²) in [5.41, 5.74) is 9.77. The van der Waals surface area contributed by atoms with E-state index in [0.717, 1.165) is 11.4 Å². The Morgan fingerprint density at radius 1 is 1.15 bits per heavy atom.